The highest BCUT2D eigenvalue weighted by Crippen LogP contribution is 2.58. The third-order valence-corrected chi connectivity index (χ3v) is 30.0. The Morgan fingerprint density at radius 1 is 0.222 bits per heavy atom. The van der Waals surface area contributed by atoms with Crippen LogP contribution >= 0.6 is 15.9 Å². The first kappa shape index (κ1) is 74.6. The van der Waals surface area contributed by atoms with Crippen molar-refractivity contribution in [1.29, 1.82) is 0 Å². The molecular formula is C121H87BrN2O2. The predicted molar refractivity (Wildman–Crippen MR) is 539 cm³/mol. The molecule has 4 nitrogen and oxygen atoms in total. The summed E-state index contributed by atoms with van der Waals surface area (Å²) in [5.41, 5.74) is 20.6. The summed E-state index contributed by atoms with van der Waals surface area (Å²) in [7, 11) is 0. The maximum absolute atomic E-state index is 6.70. The molecule has 0 amide bonds. The van der Waals surface area contributed by atoms with Gasteiger partial charge in [-0.25, -0.2) is 0 Å². The van der Waals surface area contributed by atoms with Crippen molar-refractivity contribution in [2.45, 2.75) is 83.7 Å². The Labute approximate surface area is 738 Å². The van der Waals surface area contributed by atoms with Gasteiger partial charge in [0, 0.05) is 53.8 Å². The van der Waals surface area contributed by atoms with Crippen molar-refractivity contribution in [3.8, 4) is 44.8 Å². The van der Waals surface area contributed by atoms with Crippen LogP contribution in [0.1, 0.15) is 89.5 Å². The van der Waals surface area contributed by atoms with Crippen LogP contribution in [-0.2, 0) is 20.3 Å². The fraction of sp³-hybridized carbons (Fsp3) is 0.107. The summed E-state index contributed by atoms with van der Waals surface area (Å²) in [4.78, 5) is 0. The Balaban J connectivity index is 0.000000118. The van der Waals surface area contributed by atoms with E-state index in [0.29, 0.717) is 0 Å². The fourth-order valence-electron chi connectivity index (χ4n) is 22.4. The van der Waals surface area contributed by atoms with Crippen LogP contribution in [0.2, 0.25) is 0 Å². The highest BCUT2D eigenvalue weighted by Gasteiger charge is 2.50. The summed E-state index contributed by atoms with van der Waals surface area (Å²) in [5, 5.41) is 35.8. The maximum atomic E-state index is 6.70. The summed E-state index contributed by atoms with van der Waals surface area (Å²) in [6.07, 6.45) is -0.459. The van der Waals surface area contributed by atoms with E-state index >= 15 is 0 Å². The number of rotatable bonds is 4. The van der Waals surface area contributed by atoms with Crippen LogP contribution in [-0.4, -0.2) is 20.3 Å². The molecule has 126 heavy (non-hydrogen) atoms. The minimum Gasteiger partial charge on any atom is -0.339 e. The van der Waals surface area contributed by atoms with Gasteiger partial charge in [-0.15, -0.1) is 0 Å². The lowest BCUT2D eigenvalue weighted by Crippen LogP contribution is -2.41. The average molecular weight is 1680 g/mol. The van der Waals surface area contributed by atoms with Crippen molar-refractivity contribution in [2.75, 3.05) is 0 Å². The summed E-state index contributed by atoms with van der Waals surface area (Å²) >= 11 is 3.68. The minimum absolute atomic E-state index is 0.207. The number of benzene rings is 22. The number of fused-ring (bicyclic) bond motifs is 32. The smallest absolute Gasteiger partial charge is 0.185 e. The van der Waals surface area contributed by atoms with Gasteiger partial charge < -0.3 is 18.6 Å². The van der Waals surface area contributed by atoms with E-state index in [-0.39, 0.29) is 10.8 Å². The van der Waals surface area contributed by atoms with Gasteiger partial charge in [0.25, 0.3) is 0 Å². The van der Waals surface area contributed by atoms with Gasteiger partial charge in [-0.1, -0.05) is 295 Å². The molecule has 1 aliphatic heterocycles. The number of para-hydroxylation sites is 4. The number of nitrogens with zero attached hydrogens (tertiary/aromatic N) is 2. The lowest BCUT2D eigenvalue weighted by molar-refractivity contribution is -0.0885. The van der Waals surface area contributed by atoms with Crippen molar-refractivity contribution in [3.63, 3.8) is 0 Å². The fourth-order valence-corrected chi connectivity index (χ4v) is 23.1. The topological polar surface area (TPSA) is 28.3 Å². The molecule has 0 saturated carbocycles. The third kappa shape index (κ3) is 10.8. The van der Waals surface area contributed by atoms with Crippen molar-refractivity contribution >= 4 is 189 Å². The van der Waals surface area contributed by atoms with Crippen molar-refractivity contribution in [2.24, 2.45) is 0 Å². The lowest BCUT2D eigenvalue weighted by Gasteiger charge is -2.30. The normalized spacial score (nSPS) is 14.9. The number of halogens is 1. The molecule has 0 spiro atoms. The molecule has 5 heteroatoms. The van der Waals surface area contributed by atoms with Gasteiger partial charge >= 0.3 is 0 Å². The molecule has 3 aliphatic rings. The van der Waals surface area contributed by atoms with E-state index in [9.17, 15) is 0 Å². The standard InChI is InChI=1S/C57H37N.C50H41NO2.C14H9Br/c1-57(2)51-32-50-44(29-45(51)46-30-47-42-25-14-15-27-53(42)58(54(47)33-52(46)57)36-18-4-3-5-19-36)39-22-10-11-23-40(39)48-31-49(41-24-12-13-26-43(41)56(48)50)55-37-20-8-6-16-34(37)28-35-17-7-9-21-38(35)55;1-48(2)42-27-40-35(24-36(42)37-25-38-33-21-14-15-23-44(33)51(45(38)28-43(37)48)29-16-8-7-9-17-29)30-18-10-11-19-31(30)39-26-41(32-20-12-13-22-34(32)46(39)40)47-52-49(3,4)50(5,6)53-47;15-14-12-7-3-1-5-10(12)9-11-6-2-4-8-13(11)14/h3-33H,1-2H3;7-28,47H,1-6H3;1-9H. The molecule has 27 rings (SSSR count). The molecule has 2 aromatic heterocycles. The van der Waals surface area contributed by atoms with E-state index in [2.05, 4.69) is 457 Å². The zero-order valence-corrected chi connectivity index (χ0v) is 73.0. The number of hydrogen-bond acceptors (Lipinski definition) is 2. The minimum atomic E-state index is -0.459. The molecule has 0 atom stereocenters. The van der Waals surface area contributed by atoms with Crippen molar-refractivity contribution in [1.82, 2.24) is 9.13 Å². The Kier molecular flexibility index (Phi) is 16.3. The van der Waals surface area contributed by atoms with Crippen LogP contribution in [0.3, 0.4) is 0 Å². The molecule has 1 saturated heterocycles. The van der Waals surface area contributed by atoms with E-state index in [1.165, 1.54) is 244 Å². The average Bonchev–Trinajstić information content (AvgIpc) is 1.43. The number of ether oxygens (including phenoxy) is 2. The van der Waals surface area contributed by atoms with Crippen LogP contribution in [0, 0.1) is 0 Å². The Bertz CT molecular complexity index is 8740. The first-order valence-electron chi connectivity index (χ1n) is 44.2. The second-order valence-corrected chi connectivity index (χ2v) is 38.0. The molecule has 0 N–H and O–H groups in total. The van der Waals surface area contributed by atoms with E-state index in [1.807, 2.05) is 0 Å². The quantitative estimate of drug-likeness (QED) is 0.130. The first-order valence-corrected chi connectivity index (χ1v) is 45.0. The summed E-state index contributed by atoms with van der Waals surface area (Å²) in [5.74, 6) is 0. The van der Waals surface area contributed by atoms with Gasteiger partial charge in [0.2, 0.25) is 0 Å². The highest BCUT2D eigenvalue weighted by molar-refractivity contribution is 9.10. The molecule has 2 aliphatic carbocycles. The number of aromatic nitrogens is 2. The molecule has 3 heterocycles. The number of hydrogen-bond donors (Lipinski definition) is 0. The van der Waals surface area contributed by atoms with E-state index < -0.39 is 17.5 Å². The van der Waals surface area contributed by atoms with E-state index in [4.69, 9.17) is 9.47 Å². The zero-order chi connectivity index (χ0) is 84.5. The Morgan fingerprint density at radius 2 is 0.516 bits per heavy atom. The van der Waals surface area contributed by atoms with Crippen LogP contribution in [0.4, 0.5) is 0 Å². The lowest BCUT2D eigenvalue weighted by atomic mass is 9.80. The van der Waals surface area contributed by atoms with Gasteiger partial charge in [0.05, 0.1) is 33.3 Å². The molecule has 1 fully saturated rings. The Hall–Kier alpha value is -14.0. The Morgan fingerprint density at radius 3 is 0.944 bits per heavy atom. The first-order chi connectivity index (χ1) is 61.4. The van der Waals surface area contributed by atoms with Gasteiger partial charge in [0.1, 0.15) is 0 Å². The van der Waals surface area contributed by atoms with E-state index in [1.54, 1.807) is 0 Å². The SMILES string of the molecule is Brc1c2ccccc2cc2ccccc12.CC1(C)c2cc3c(cc2-c2cc4c5ccccc5n(-c5ccccc5)c4cc21)c1ccccc1c1cc(-c2c4ccccc4cc4ccccc24)c2ccccc2c31.CC1(C)c2cc3c(cc2-c2cc4c5ccccc5n(-c5ccccc5)c4cc21)c1ccccc1c1cc(C2OC(C)(C)C(C)(C)O2)c2ccccc2c31. The third-order valence-electron chi connectivity index (χ3n) is 29.2. The zero-order valence-electron chi connectivity index (χ0n) is 71.5. The molecule has 0 bridgehead atoms. The summed E-state index contributed by atoms with van der Waals surface area (Å²) in [6.45, 7) is 18.2. The second-order valence-electron chi connectivity index (χ2n) is 37.2. The van der Waals surface area contributed by atoms with Gasteiger partial charge in [-0.2, -0.15) is 0 Å². The van der Waals surface area contributed by atoms with Crippen LogP contribution < -0.4 is 0 Å². The molecule has 24 aromatic rings. The molecule has 600 valence electrons. The maximum Gasteiger partial charge on any atom is 0.185 e. The summed E-state index contributed by atoms with van der Waals surface area (Å²) in [6, 6.07) is 139. The van der Waals surface area contributed by atoms with Gasteiger partial charge in [0.15, 0.2) is 6.29 Å². The van der Waals surface area contributed by atoms with Gasteiger partial charge in [-0.3, -0.25) is 0 Å². The highest BCUT2D eigenvalue weighted by atomic mass is 79.9. The van der Waals surface area contributed by atoms with Crippen LogP contribution in [0.15, 0.2) is 381 Å². The monoisotopic (exact) mass is 1680 g/mol. The predicted octanol–water partition coefficient (Wildman–Crippen LogP) is 33.7. The van der Waals surface area contributed by atoms with E-state index in [0.717, 1.165) is 5.56 Å². The molecule has 0 radical (unpaired) electrons. The molecule has 0 unspecified atom stereocenters. The van der Waals surface area contributed by atoms with Crippen LogP contribution in [0.5, 0.6) is 0 Å². The molecular weight excluding hydrogens is 1590 g/mol. The molecule has 22 aromatic carbocycles. The van der Waals surface area contributed by atoms with Crippen molar-refractivity contribution in [3.05, 3.63) is 408 Å². The van der Waals surface area contributed by atoms with Crippen molar-refractivity contribution < 1.29 is 9.47 Å². The van der Waals surface area contributed by atoms with Gasteiger partial charge in [-0.05, 0) is 338 Å². The summed E-state index contributed by atoms with van der Waals surface area (Å²) < 4.78 is 19.5. The second kappa shape index (κ2) is 27.5. The van der Waals surface area contributed by atoms with Crippen LogP contribution in [0.25, 0.3) is 218 Å². The largest absolute Gasteiger partial charge is 0.339 e.